The summed E-state index contributed by atoms with van der Waals surface area (Å²) < 4.78 is 15.1. The zero-order valence-corrected chi connectivity index (χ0v) is 23.6. The van der Waals surface area contributed by atoms with Crippen LogP contribution < -0.4 is 9.80 Å². The van der Waals surface area contributed by atoms with Crippen molar-refractivity contribution in [3.8, 4) is 22.4 Å². The van der Waals surface area contributed by atoms with Gasteiger partial charge in [-0.25, -0.2) is 14.4 Å². The number of hydrogen-bond donors (Lipinski definition) is 1. The minimum atomic E-state index is -0.952. The highest BCUT2D eigenvalue weighted by atomic mass is 32.1. The van der Waals surface area contributed by atoms with Gasteiger partial charge in [-0.2, -0.15) is 0 Å². The molecule has 1 atom stereocenters. The zero-order valence-electron chi connectivity index (χ0n) is 22.8. The molecule has 3 heterocycles. The molecule has 0 bridgehead atoms. The summed E-state index contributed by atoms with van der Waals surface area (Å²) >= 11 is 1.37. The number of carbonyl (C=O) groups excluding carboxylic acids is 2. The summed E-state index contributed by atoms with van der Waals surface area (Å²) in [6.07, 6.45) is 9.22. The molecule has 0 radical (unpaired) electrons. The number of carboxylic acids is 1. The number of aromatic nitrogens is 2. The molecule has 10 heteroatoms. The predicted octanol–water partition coefficient (Wildman–Crippen LogP) is 6.30. The number of carboxylic acid groups (broad SMARTS) is 1. The minimum absolute atomic E-state index is 0.0377. The van der Waals surface area contributed by atoms with Crippen LogP contribution in [0.1, 0.15) is 64.2 Å². The third-order valence-electron chi connectivity index (χ3n) is 8.38. The summed E-state index contributed by atoms with van der Waals surface area (Å²) in [5.41, 5.74) is 2.74. The Morgan fingerprint density at radius 1 is 1.12 bits per heavy atom. The number of hydrogen-bond acceptors (Lipinski definition) is 6. The molecule has 2 aromatic heterocycles. The van der Waals surface area contributed by atoms with Gasteiger partial charge >= 0.3 is 5.97 Å². The van der Waals surface area contributed by atoms with E-state index in [1.54, 1.807) is 11.1 Å². The Morgan fingerprint density at radius 2 is 1.88 bits per heavy atom. The van der Waals surface area contributed by atoms with Crippen LogP contribution in [0.5, 0.6) is 0 Å². The third-order valence-corrected chi connectivity index (χ3v) is 9.22. The van der Waals surface area contributed by atoms with Crippen LogP contribution in [-0.2, 0) is 14.4 Å². The average molecular weight is 577 g/mol. The van der Waals surface area contributed by atoms with Gasteiger partial charge in [-0.15, -0.1) is 11.3 Å². The van der Waals surface area contributed by atoms with Gasteiger partial charge < -0.3 is 5.11 Å². The van der Waals surface area contributed by atoms with Crippen molar-refractivity contribution in [3.63, 3.8) is 0 Å². The van der Waals surface area contributed by atoms with Crippen LogP contribution in [0.2, 0.25) is 0 Å². The Labute approximate surface area is 242 Å². The number of halogens is 1. The summed E-state index contributed by atoms with van der Waals surface area (Å²) in [6.45, 7) is 0.463. The fourth-order valence-corrected chi connectivity index (χ4v) is 7.10. The first kappa shape index (κ1) is 27.5. The number of nitrogens with zero attached hydrogens (tertiary/aromatic N) is 4. The van der Waals surface area contributed by atoms with E-state index in [9.17, 15) is 19.5 Å². The quantitative estimate of drug-likeness (QED) is 0.304. The molecule has 214 valence electrons. The van der Waals surface area contributed by atoms with Gasteiger partial charge in [0.25, 0.3) is 0 Å². The number of pyridine rings is 1. The zero-order chi connectivity index (χ0) is 28.5. The molecular formula is C31H33FN4O4S. The minimum Gasteiger partial charge on any atom is -0.481 e. The summed E-state index contributed by atoms with van der Waals surface area (Å²) in [5.74, 6) is -1.89. The fraction of sp³-hybridized carbons (Fsp3) is 0.452. The van der Waals surface area contributed by atoms with Crippen molar-refractivity contribution in [1.29, 1.82) is 0 Å². The highest BCUT2D eigenvalue weighted by Crippen LogP contribution is 2.41. The number of thiazole rings is 1. The van der Waals surface area contributed by atoms with Gasteiger partial charge in [0.05, 0.1) is 12.1 Å². The molecule has 3 fully saturated rings. The van der Waals surface area contributed by atoms with Crippen molar-refractivity contribution in [2.45, 2.75) is 70.3 Å². The monoisotopic (exact) mass is 576 g/mol. The Balaban J connectivity index is 1.28. The molecule has 1 N–H and O–H groups in total. The van der Waals surface area contributed by atoms with Crippen molar-refractivity contribution in [3.05, 3.63) is 47.7 Å². The van der Waals surface area contributed by atoms with Crippen molar-refractivity contribution in [2.24, 2.45) is 11.8 Å². The number of aliphatic carboxylic acids is 1. The molecule has 0 unspecified atom stereocenters. The topological polar surface area (TPSA) is 104 Å². The van der Waals surface area contributed by atoms with E-state index in [1.165, 1.54) is 22.3 Å². The van der Waals surface area contributed by atoms with E-state index < -0.39 is 17.7 Å². The SMILES string of the molecule is O=C(O)C[C@@H](CC1CCCC1)C(=O)N(c1nc(-c2ccccc2-c2cnc(N3CCCC3=O)c(F)c2)cs1)C1CC1. The third kappa shape index (κ3) is 5.88. The van der Waals surface area contributed by atoms with Crippen LogP contribution in [0.4, 0.5) is 15.3 Å². The maximum Gasteiger partial charge on any atom is 0.304 e. The second-order valence-corrected chi connectivity index (χ2v) is 12.2. The summed E-state index contributed by atoms with van der Waals surface area (Å²) in [4.78, 5) is 49.9. The van der Waals surface area contributed by atoms with Crippen LogP contribution in [0, 0.1) is 17.7 Å². The fourth-order valence-electron chi connectivity index (χ4n) is 6.20. The molecule has 2 aliphatic carbocycles. The van der Waals surface area contributed by atoms with Gasteiger partial charge in [0.2, 0.25) is 11.8 Å². The standard InChI is InChI=1S/C31H33FN4O4S/c32-25-15-21(17-33-29(25)35-13-5-10-27(35)37)23-8-3-4-9-24(23)26-18-41-31(34-26)36(22-11-12-22)30(40)20(16-28(38)39)14-19-6-1-2-7-19/h3-4,8-9,15,17-20,22H,1-2,5-7,10-14,16H2,(H,38,39)/t20-/m1/s1. The van der Waals surface area contributed by atoms with Crippen LogP contribution >= 0.6 is 11.3 Å². The lowest BCUT2D eigenvalue weighted by Crippen LogP contribution is -2.39. The summed E-state index contributed by atoms with van der Waals surface area (Å²) in [6, 6.07) is 8.96. The molecule has 1 saturated heterocycles. The van der Waals surface area contributed by atoms with E-state index in [0.29, 0.717) is 48.1 Å². The number of anilines is 2. The van der Waals surface area contributed by atoms with Crippen molar-refractivity contribution in [2.75, 3.05) is 16.3 Å². The second-order valence-electron chi connectivity index (χ2n) is 11.4. The molecule has 0 spiro atoms. The first-order valence-electron chi connectivity index (χ1n) is 14.4. The van der Waals surface area contributed by atoms with E-state index in [0.717, 1.165) is 49.7 Å². The van der Waals surface area contributed by atoms with E-state index in [2.05, 4.69) is 4.98 Å². The maximum atomic E-state index is 15.1. The van der Waals surface area contributed by atoms with Crippen LogP contribution in [0.25, 0.3) is 22.4 Å². The van der Waals surface area contributed by atoms with Gasteiger partial charge in [0.15, 0.2) is 16.8 Å². The summed E-state index contributed by atoms with van der Waals surface area (Å²) in [7, 11) is 0. The number of rotatable bonds is 10. The van der Waals surface area contributed by atoms with E-state index in [4.69, 9.17) is 4.98 Å². The maximum absolute atomic E-state index is 15.1. The summed E-state index contributed by atoms with van der Waals surface area (Å²) in [5, 5.41) is 12.0. The van der Waals surface area contributed by atoms with Crippen LogP contribution in [-0.4, -0.2) is 45.4 Å². The highest BCUT2D eigenvalue weighted by molar-refractivity contribution is 7.14. The van der Waals surface area contributed by atoms with Gasteiger partial charge in [0, 0.05) is 47.6 Å². The molecule has 1 aliphatic heterocycles. The molecule has 41 heavy (non-hydrogen) atoms. The first-order chi connectivity index (χ1) is 19.9. The lowest BCUT2D eigenvalue weighted by atomic mass is 9.90. The van der Waals surface area contributed by atoms with Gasteiger partial charge in [0.1, 0.15) is 0 Å². The average Bonchev–Trinajstić information content (AvgIpc) is 3.29. The Bertz CT molecular complexity index is 1470. The molecule has 3 aliphatic rings. The number of carbonyl (C=O) groups is 3. The molecule has 1 aromatic carbocycles. The van der Waals surface area contributed by atoms with Gasteiger partial charge in [-0.1, -0.05) is 49.9 Å². The van der Waals surface area contributed by atoms with E-state index >= 15 is 4.39 Å². The van der Waals surface area contributed by atoms with Crippen molar-refractivity contribution < 1.29 is 23.9 Å². The number of benzene rings is 1. The Kier molecular flexibility index (Phi) is 7.84. The highest BCUT2D eigenvalue weighted by Gasteiger charge is 2.40. The Hall–Kier alpha value is -3.66. The molecular weight excluding hydrogens is 543 g/mol. The molecule has 8 nitrogen and oxygen atoms in total. The smallest absolute Gasteiger partial charge is 0.304 e. The number of amides is 2. The Morgan fingerprint density at radius 3 is 2.54 bits per heavy atom. The normalized spacial score (nSPS) is 18.2. The van der Waals surface area contributed by atoms with Gasteiger partial charge in [-0.05, 0) is 43.2 Å². The van der Waals surface area contributed by atoms with E-state index in [1.807, 2.05) is 29.6 Å². The van der Waals surface area contributed by atoms with Crippen LogP contribution in [0.3, 0.4) is 0 Å². The second kappa shape index (κ2) is 11.7. The van der Waals surface area contributed by atoms with Crippen molar-refractivity contribution in [1.82, 2.24) is 9.97 Å². The van der Waals surface area contributed by atoms with Gasteiger partial charge in [-0.3, -0.25) is 24.2 Å². The molecule has 6 rings (SSSR count). The predicted molar refractivity (Wildman–Crippen MR) is 155 cm³/mol. The largest absolute Gasteiger partial charge is 0.481 e. The van der Waals surface area contributed by atoms with Crippen LogP contribution in [0.15, 0.2) is 41.9 Å². The van der Waals surface area contributed by atoms with E-state index in [-0.39, 0.29) is 30.1 Å². The lowest BCUT2D eigenvalue weighted by Gasteiger charge is -2.26. The van der Waals surface area contributed by atoms with Crippen molar-refractivity contribution >= 4 is 40.1 Å². The molecule has 3 aromatic rings. The molecule has 2 amide bonds. The molecule has 2 saturated carbocycles. The lowest BCUT2D eigenvalue weighted by molar-refractivity contribution is -0.141. The first-order valence-corrected chi connectivity index (χ1v) is 15.3.